The van der Waals surface area contributed by atoms with Crippen molar-refractivity contribution in [3.63, 3.8) is 0 Å². The summed E-state index contributed by atoms with van der Waals surface area (Å²) < 4.78 is 7.70. The van der Waals surface area contributed by atoms with Gasteiger partial charge in [0.15, 0.2) is 0 Å². The van der Waals surface area contributed by atoms with E-state index in [1.54, 1.807) is 7.11 Å². The van der Waals surface area contributed by atoms with Crippen molar-refractivity contribution in [3.8, 4) is 5.75 Å². The number of carbonyl (C=O) groups excluding carboxylic acids is 1. The van der Waals surface area contributed by atoms with Crippen LogP contribution < -0.4 is 10.1 Å². The van der Waals surface area contributed by atoms with Crippen LogP contribution in [-0.2, 0) is 4.79 Å². The van der Waals surface area contributed by atoms with E-state index in [0.29, 0.717) is 24.4 Å². The van der Waals surface area contributed by atoms with E-state index in [9.17, 15) is 9.59 Å². The molecular weight excluding hydrogens is 344 g/mol. The molecule has 27 heavy (non-hydrogen) atoms. The van der Waals surface area contributed by atoms with E-state index in [-0.39, 0.29) is 17.9 Å². The summed E-state index contributed by atoms with van der Waals surface area (Å²) in [6.45, 7) is 2.01. The van der Waals surface area contributed by atoms with Gasteiger partial charge in [0.2, 0.25) is 0 Å². The summed E-state index contributed by atoms with van der Waals surface area (Å²) in [6.07, 6.45) is 5.73. The number of carboxylic acids is 1. The number of nitrogens with one attached hydrogen (secondary N) is 1. The summed E-state index contributed by atoms with van der Waals surface area (Å²) in [5, 5.41) is 13.0. The highest BCUT2D eigenvalue weighted by Crippen LogP contribution is 2.38. The number of aliphatic carboxylic acids is 1. The number of fused-ring (bicyclic) bond motifs is 1. The number of nitrogens with zero attached hydrogens (tertiary/aromatic N) is 1. The first-order chi connectivity index (χ1) is 13.0. The van der Waals surface area contributed by atoms with Crippen LogP contribution in [0.2, 0.25) is 0 Å². The zero-order chi connectivity index (χ0) is 19.1. The number of carboxylic acid groups (broad SMARTS) is 1. The summed E-state index contributed by atoms with van der Waals surface area (Å²) in [5.41, 5.74) is 2.74. The molecule has 6 heteroatoms. The highest BCUT2D eigenvalue weighted by Gasteiger charge is 2.36. The van der Waals surface area contributed by atoms with Gasteiger partial charge in [0.1, 0.15) is 5.75 Å². The van der Waals surface area contributed by atoms with Gasteiger partial charge in [0, 0.05) is 28.7 Å². The number of rotatable bonds is 5. The number of hydrogen-bond acceptors (Lipinski definition) is 3. The summed E-state index contributed by atoms with van der Waals surface area (Å²) >= 11 is 0. The molecule has 1 amide bonds. The standard InChI is InChI=1S/C21H26N2O4/c1-12-19(20(24)22-14-9-13(10-14)21(25)26)17-11-16(27-2)7-8-18(17)23(12)15-5-3-4-6-15/h7-8,11,13-15H,3-6,9-10H2,1-2H3,(H,22,24)(H,25,26). The van der Waals surface area contributed by atoms with Gasteiger partial charge in [-0.3, -0.25) is 9.59 Å². The molecule has 2 aromatic rings. The van der Waals surface area contributed by atoms with Crippen LogP contribution in [0, 0.1) is 12.8 Å². The molecule has 0 aliphatic heterocycles. The molecule has 4 rings (SSSR count). The molecule has 0 unspecified atom stereocenters. The summed E-state index contributed by atoms with van der Waals surface area (Å²) in [4.78, 5) is 24.1. The molecule has 2 aliphatic carbocycles. The quantitative estimate of drug-likeness (QED) is 0.842. The molecule has 2 fully saturated rings. The summed E-state index contributed by atoms with van der Waals surface area (Å²) in [5.74, 6) is -0.498. The van der Waals surface area contributed by atoms with Crippen molar-refractivity contribution >= 4 is 22.8 Å². The SMILES string of the molecule is COc1ccc2c(c1)c(C(=O)NC1CC(C(=O)O)C1)c(C)n2C1CCCC1. The zero-order valence-corrected chi connectivity index (χ0v) is 15.8. The third-order valence-electron chi connectivity index (χ3n) is 6.20. The zero-order valence-electron chi connectivity index (χ0n) is 15.8. The predicted octanol–water partition coefficient (Wildman–Crippen LogP) is 3.67. The molecule has 0 bridgehead atoms. The van der Waals surface area contributed by atoms with Crippen LogP contribution in [0.4, 0.5) is 0 Å². The molecule has 2 aliphatic rings. The topological polar surface area (TPSA) is 80.6 Å². The molecule has 0 spiro atoms. The Balaban J connectivity index is 1.69. The van der Waals surface area contributed by atoms with Gasteiger partial charge in [0.05, 0.1) is 18.6 Å². The van der Waals surface area contributed by atoms with Gasteiger partial charge >= 0.3 is 5.97 Å². The van der Waals surface area contributed by atoms with Gasteiger partial charge in [-0.25, -0.2) is 0 Å². The van der Waals surface area contributed by atoms with Gasteiger partial charge in [0.25, 0.3) is 5.91 Å². The van der Waals surface area contributed by atoms with Crippen molar-refractivity contribution in [2.75, 3.05) is 7.11 Å². The maximum absolute atomic E-state index is 13.1. The smallest absolute Gasteiger partial charge is 0.306 e. The molecule has 2 N–H and O–H groups in total. The number of aromatic nitrogens is 1. The fraction of sp³-hybridized carbons (Fsp3) is 0.524. The van der Waals surface area contributed by atoms with E-state index in [2.05, 4.69) is 9.88 Å². The van der Waals surface area contributed by atoms with Gasteiger partial charge in [-0.1, -0.05) is 12.8 Å². The second-order valence-electron chi connectivity index (χ2n) is 7.83. The van der Waals surface area contributed by atoms with Crippen LogP contribution in [-0.4, -0.2) is 34.7 Å². The Bertz CT molecular complexity index is 889. The molecule has 0 atom stereocenters. The number of carbonyl (C=O) groups is 2. The fourth-order valence-corrected chi connectivity index (χ4v) is 4.66. The van der Waals surface area contributed by atoms with Crippen LogP contribution in [0.25, 0.3) is 10.9 Å². The number of methoxy groups -OCH3 is 1. The first kappa shape index (κ1) is 17.9. The molecule has 2 saturated carbocycles. The van der Waals surface area contributed by atoms with E-state index in [0.717, 1.165) is 35.2 Å². The monoisotopic (exact) mass is 370 g/mol. The van der Waals surface area contributed by atoms with E-state index < -0.39 is 5.97 Å². The first-order valence-electron chi connectivity index (χ1n) is 9.71. The highest BCUT2D eigenvalue weighted by molar-refractivity contribution is 6.09. The van der Waals surface area contributed by atoms with E-state index >= 15 is 0 Å². The predicted molar refractivity (Wildman–Crippen MR) is 102 cm³/mol. The largest absolute Gasteiger partial charge is 0.497 e. The van der Waals surface area contributed by atoms with E-state index in [4.69, 9.17) is 9.84 Å². The highest BCUT2D eigenvalue weighted by atomic mass is 16.5. The number of ether oxygens (including phenoxy) is 1. The van der Waals surface area contributed by atoms with Gasteiger partial charge in [-0.15, -0.1) is 0 Å². The Morgan fingerprint density at radius 3 is 2.56 bits per heavy atom. The lowest BCUT2D eigenvalue weighted by atomic mass is 9.80. The lowest BCUT2D eigenvalue weighted by Crippen LogP contribution is -2.46. The minimum absolute atomic E-state index is 0.0616. The maximum Gasteiger partial charge on any atom is 0.306 e. The minimum Gasteiger partial charge on any atom is -0.497 e. The van der Waals surface area contributed by atoms with Gasteiger partial charge < -0.3 is 19.7 Å². The van der Waals surface area contributed by atoms with Crippen molar-refractivity contribution in [1.82, 2.24) is 9.88 Å². The fourth-order valence-electron chi connectivity index (χ4n) is 4.66. The lowest BCUT2D eigenvalue weighted by molar-refractivity contribution is -0.145. The van der Waals surface area contributed by atoms with Crippen LogP contribution in [0.15, 0.2) is 18.2 Å². The Labute approximate surface area is 158 Å². The minimum atomic E-state index is -0.778. The van der Waals surface area contributed by atoms with Crippen molar-refractivity contribution in [2.45, 2.75) is 57.5 Å². The third-order valence-corrected chi connectivity index (χ3v) is 6.20. The number of hydrogen-bond donors (Lipinski definition) is 2. The Morgan fingerprint density at radius 2 is 1.93 bits per heavy atom. The Morgan fingerprint density at radius 1 is 1.22 bits per heavy atom. The van der Waals surface area contributed by atoms with Gasteiger partial charge in [-0.2, -0.15) is 0 Å². The molecule has 144 valence electrons. The van der Waals surface area contributed by atoms with Crippen LogP contribution in [0.1, 0.15) is 60.6 Å². The summed E-state index contributed by atoms with van der Waals surface area (Å²) in [7, 11) is 1.63. The van der Waals surface area contributed by atoms with Crippen LogP contribution in [0.5, 0.6) is 5.75 Å². The first-order valence-corrected chi connectivity index (χ1v) is 9.71. The van der Waals surface area contributed by atoms with Crippen LogP contribution in [0.3, 0.4) is 0 Å². The Hall–Kier alpha value is -2.50. The average molecular weight is 370 g/mol. The van der Waals surface area contributed by atoms with Gasteiger partial charge in [-0.05, 0) is 50.8 Å². The molecule has 6 nitrogen and oxygen atoms in total. The van der Waals surface area contributed by atoms with Crippen molar-refractivity contribution < 1.29 is 19.4 Å². The van der Waals surface area contributed by atoms with E-state index in [1.807, 2.05) is 25.1 Å². The number of benzene rings is 1. The molecule has 1 heterocycles. The third kappa shape index (κ3) is 3.07. The molecule has 0 saturated heterocycles. The second kappa shape index (κ2) is 6.91. The molecule has 1 aromatic carbocycles. The average Bonchev–Trinajstić information content (AvgIpc) is 3.21. The molecule has 1 aromatic heterocycles. The van der Waals surface area contributed by atoms with E-state index in [1.165, 1.54) is 12.8 Å². The summed E-state index contributed by atoms with van der Waals surface area (Å²) in [6, 6.07) is 6.29. The molecule has 0 radical (unpaired) electrons. The molecular formula is C21H26N2O4. The van der Waals surface area contributed by atoms with Crippen molar-refractivity contribution in [3.05, 3.63) is 29.5 Å². The van der Waals surface area contributed by atoms with Crippen LogP contribution >= 0.6 is 0 Å². The second-order valence-corrected chi connectivity index (χ2v) is 7.83. The van der Waals surface area contributed by atoms with Crippen molar-refractivity contribution in [2.24, 2.45) is 5.92 Å². The maximum atomic E-state index is 13.1. The lowest BCUT2D eigenvalue weighted by Gasteiger charge is -2.32. The van der Waals surface area contributed by atoms with Crippen molar-refractivity contribution in [1.29, 1.82) is 0 Å². The Kier molecular flexibility index (Phi) is 4.58. The number of amides is 1. The normalized spacial score (nSPS) is 22.6.